The summed E-state index contributed by atoms with van der Waals surface area (Å²) in [6.07, 6.45) is 2.85. The van der Waals surface area contributed by atoms with Gasteiger partial charge in [-0.15, -0.1) is 0 Å². The van der Waals surface area contributed by atoms with E-state index in [4.69, 9.17) is 9.47 Å². The molecule has 1 aromatic heterocycles. The van der Waals surface area contributed by atoms with E-state index in [0.717, 1.165) is 17.9 Å². The molecular weight excluding hydrogens is 256 g/mol. The molecule has 2 rings (SSSR count). The summed E-state index contributed by atoms with van der Waals surface area (Å²) >= 11 is 0. The van der Waals surface area contributed by atoms with Gasteiger partial charge in [0.2, 0.25) is 0 Å². The van der Waals surface area contributed by atoms with Crippen molar-refractivity contribution in [2.24, 2.45) is 0 Å². The fourth-order valence-corrected chi connectivity index (χ4v) is 1.83. The number of hydrogen-bond donors (Lipinski definition) is 0. The van der Waals surface area contributed by atoms with Gasteiger partial charge in [-0.3, -0.25) is 4.68 Å². The molecule has 0 radical (unpaired) electrons. The quantitative estimate of drug-likeness (QED) is 0.787. The van der Waals surface area contributed by atoms with E-state index in [-0.39, 0.29) is 12.1 Å². The van der Waals surface area contributed by atoms with Gasteiger partial charge in [0.1, 0.15) is 11.9 Å². The van der Waals surface area contributed by atoms with Crippen LogP contribution in [0, 0.1) is 0 Å². The van der Waals surface area contributed by atoms with Crippen LogP contribution in [0.2, 0.25) is 0 Å². The fraction of sp³-hybridized carbons (Fsp3) is 0.333. The molecule has 106 valence electrons. The van der Waals surface area contributed by atoms with Crippen LogP contribution in [0.3, 0.4) is 0 Å². The van der Waals surface area contributed by atoms with E-state index in [1.807, 2.05) is 38.1 Å². The lowest BCUT2D eigenvalue weighted by atomic mass is 10.1. The SMILES string of the molecule is CCn1cc(C(=O)O[C@@H](C)c2cccc(OC)c2)cn1. The fourth-order valence-electron chi connectivity index (χ4n) is 1.83. The van der Waals surface area contributed by atoms with Crippen molar-refractivity contribution in [3.8, 4) is 5.75 Å². The predicted octanol–water partition coefficient (Wildman–Crippen LogP) is 2.83. The molecule has 0 N–H and O–H groups in total. The standard InChI is InChI=1S/C15H18N2O3/c1-4-17-10-13(9-16-17)15(18)20-11(2)12-6-5-7-14(8-12)19-3/h5-11H,4H2,1-3H3/t11-/m0/s1. The van der Waals surface area contributed by atoms with Gasteiger partial charge in [-0.1, -0.05) is 12.1 Å². The number of methoxy groups -OCH3 is 1. The summed E-state index contributed by atoms with van der Waals surface area (Å²) in [5.41, 5.74) is 1.35. The van der Waals surface area contributed by atoms with Crippen LogP contribution in [-0.2, 0) is 11.3 Å². The number of carbonyl (C=O) groups is 1. The van der Waals surface area contributed by atoms with Gasteiger partial charge in [0.25, 0.3) is 0 Å². The Bertz CT molecular complexity index is 592. The number of esters is 1. The highest BCUT2D eigenvalue weighted by molar-refractivity contribution is 5.88. The molecule has 20 heavy (non-hydrogen) atoms. The summed E-state index contributed by atoms with van der Waals surface area (Å²) in [5, 5.41) is 4.06. The molecule has 0 fully saturated rings. The Morgan fingerprint density at radius 1 is 1.45 bits per heavy atom. The summed E-state index contributed by atoms with van der Waals surface area (Å²) in [5.74, 6) is 0.365. The van der Waals surface area contributed by atoms with Gasteiger partial charge in [-0.2, -0.15) is 5.10 Å². The summed E-state index contributed by atoms with van der Waals surface area (Å²) in [4.78, 5) is 12.0. The highest BCUT2D eigenvalue weighted by Crippen LogP contribution is 2.22. The topological polar surface area (TPSA) is 53.4 Å². The van der Waals surface area contributed by atoms with Gasteiger partial charge in [0.05, 0.1) is 18.9 Å². The van der Waals surface area contributed by atoms with Crippen molar-refractivity contribution in [2.75, 3.05) is 7.11 Å². The third-order valence-electron chi connectivity index (χ3n) is 3.04. The summed E-state index contributed by atoms with van der Waals surface area (Å²) in [6, 6.07) is 7.47. The third-order valence-corrected chi connectivity index (χ3v) is 3.04. The average Bonchev–Trinajstić information content (AvgIpc) is 2.96. The van der Waals surface area contributed by atoms with Gasteiger partial charge >= 0.3 is 5.97 Å². The minimum Gasteiger partial charge on any atom is -0.497 e. The number of rotatable bonds is 5. The number of benzene rings is 1. The van der Waals surface area contributed by atoms with Crippen LogP contribution < -0.4 is 4.74 Å². The maximum absolute atomic E-state index is 12.0. The van der Waals surface area contributed by atoms with E-state index < -0.39 is 0 Å². The molecule has 0 bridgehead atoms. The number of ether oxygens (including phenoxy) is 2. The van der Waals surface area contributed by atoms with Crippen LogP contribution >= 0.6 is 0 Å². The first-order chi connectivity index (χ1) is 9.63. The minimum absolute atomic E-state index is 0.345. The summed E-state index contributed by atoms with van der Waals surface area (Å²) in [7, 11) is 1.61. The van der Waals surface area contributed by atoms with Crippen LogP contribution in [0.15, 0.2) is 36.7 Å². The molecule has 0 unspecified atom stereocenters. The molecule has 0 aliphatic rings. The van der Waals surface area contributed by atoms with Crippen molar-refractivity contribution in [2.45, 2.75) is 26.5 Å². The number of nitrogens with zero attached hydrogens (tertiary/aromatic N) is 2. The second-order valence-electron chi connectivity index (χ2n) is 4.41. The van der Waals surface area contributed by atoms with Crippen molar-refractivity contribution >= 4 is 5.97 Å². The van der Waals surface area contributed by atoms with Gasteiger partial charge in [0, 0.05) is 12.7 Å². The average molecular weight is 274 g/mol. The number of carbonyl (C=O) groups excluding carboxylic acids is 1. The van der Waals surface area contributed by atoms with Crippen LogP contribution in [0.4, 0.5) is 0 Å². The summed E-state index contributed by atoms with van der Waals surface area (Å²) < 4.78 is 12.3. The third kappa shape index (κ3) is 3.17. The number of aryl methyl sites for hydroxylation is 1. The zero-order valence-electron chi connectivity index (χ0n) is 11.9. The molecule has 1 atom stereocenters. The molecule has 1 heterocycles. The molecular formula is C15H18N2O3. The molecule has 0 aliphatic carbocycles. The van der Waals surface area contributed by atoms with Crippen molar-refractivity contribution in [1.29, 1.82) is 0 Å². The first-order valence-corrected chi connectivity index (χ1v) is 6.51. The predicted molar refractivity (Wildman–Crippen MR) is 74.7 cm³/mol. The van der Waals surface area contributed by atoms with Crippen LogP contribution in [0.25, 0.3) is 0 Å². The smallest absolute Gasteiger partial charge is 0.341 e. The van der Waals surface area contributed by atoms with Gasteiger partial charge in [0.15, 0.2) is 0 Å². The first-order valence-electron chi connectivity index (χ1n) is 6.51. The van der Waals surface area contributed by atoms with Crippen LogP contribution in [-0.4, -0.2) is 22.9 Å². The van der Waals surface area contributed by atoms with Crippen molar-refractivity contribution in [1.82, 2.24) is 9.78 Å². The van der Waals surface area contributed by atoms with E-state index in [1.54, 1.807) is 18.0 Å². The zero-order chi connectivity index (χ0) is 14.5. The normalized spacial score (nSPS) is 11.9. The van der Waals surface area contributed by atoms with E-state index >= 15 is 0 Å². The minimum atomic E-state index is -0.375. The van der Waals surface area contributed by atoms with E-state index in [0.29, 0.717) is 5.56 Å². The molecule has 5 heteroatoms. The molecule has 1 aromatic carbocycles. The Morgan fingerprint density at radius 3 is 2.90 bits per heavy atom. The van der Waals surface area contributed by atoms with Gasteiger partial charge < -0.3 is 9.47 Å². The first kappa shape index (κ1) is 14.1. The zero-order valence-corrected chi connectivity index (χ0v) is 11.9. The maximum Gasteiger partial charge on any atom is 0.341 e. The Hall–Kier alpha value is -2.30. The second-order valence-corrected chi connectivity index (χ2v) is 4.41. The maximum atomic E-state index is 12.0. The van der Waals surface area contributed by atoms with Gasteiger partial charge in [-0.25, -0.2) is 4.79 Å². The van der Waals surface area contributed by atoms with Crippen LogP contribution in [0.1, 0.15) is 35.9 Å². The lowest BCUT2D eigenvalue weighted by Gasteiger charge is -2.13. The van der Waals surface area contributed by atoms with Gasteiger partial charge in [-0.05, 0) is 31.5 Å². The molecule has 0 spiro atoms. The lowest BCUT2D eigenvalue weighted by molar-refractivity contribution is 0.0337. The van der Waals surface area contributed by atoms with E-state index in [1.165, 1.54) is 6.20 Å². The molecule has 0 amide bonds. The Balaban J connectivity index is 2.06. The molecule has 0 saturated carbocycles. The van der Waals surface area contributed by atoms with E-state index in [9.17, 15) is 4.79 Å². The van der Waals surface area contributed by atoms with Crippen molar-refractivity contribution in [3.63, 3.8) is 0 Å². The molecule has 2 aromatic rings. The highest BCUT2D eigenvalue weighted by atomic mass is 16.5. The Morgan fingerprint density at radius 2 is 2.25 bits per heavy atom. The van der Waals surface area contributed by atoms with Crippen molar-refractivity contribution < 1.29 is 14.3 Å². The summed E-state index contributed by atoms with van der Waals surface area (Å²) in [6.45, 7) is 4.51. The second kappa shape index (κ2) is 6.23. The lowest BCUT2D eigenvalue weighted by Crippen LogP contribution is -2.08. The monoisotopic (exact) mass is 274 g/mol. The Kier molecular flexibility index (Phi) is 4.40. The van der Waals surface area contributed by atoms with Crippen molar-refractivity contribution in [3.05, 3.63) is 47.8 Å². The Labute approximate surface area is 118 Å². The molecule has 5 nitrogen and oxygen atoms in total. The van der Waals surface area contributed by atoms with E-state index in [2.05, 4.69) is 5.10 Å². The van der Waals surface area contributed by atoms with Crippen LogP contribution in [0.5, 0.6) is 5.75 Å². The largest absolute Gasteiger partial charge is 0.497 e. The highest BCUT2D eigenvalue weighted by Gasteiger charge is 2.15. The number of hydrogen-bond acceptors (Lipinski definition) is 4. The molecule has 0 saturated heterocycles. The number of aromatic nitrogens is 2. The molecule has 0 aliphatic heterocycles.